The lowest BCUT2D eigenvalue weighted by molar-refractivity contribution is 0.0959. The topological polar surface area (TPSA) is 148 Å². The number of aromatic nitrogens is 4. The highest BCUT2D eigenvalue weighted by molar-refractivity contribution is 5.94. The number of nitrogens with zero attached hydrogens (tertiary/aromatic N) is 4. The lowest BCUT2D eigenvalue weighted by atomic mass is 10.1. The van der Waals surface area contributed by atoms with Crippen LogP contribution in [0.5, 0.6) is 0 Å². The van der Waals surface area contributed by atoms with Gasteiger partial charge in [-0.3, -0.25) is 14.2 Å². The van der Waals surface area contributed by atoms with E-state index in [0.717, 1.165) is 34.2 Å². The van der Waals surface area contributed by atoms with Gasteiger partial charge in [-0.15, -0.1) is 0 Å². The van der Waals surface area contributed by atoms with Crippen molar-refractivity contribution in [2.75, 3.05) is 6.54 Å². The Morgan fingerprint density at radius 3 is 2.58 bits per heavy atom. The number of allylic oxidation sites excluding steroid dienone is 5. The Morgan fingerprint density at radius 1 is 1.19 bits per heavy atom. The molecular formula is C30H29FN8O4. The molecule has 3 aromatic rings. The highest BCUT2D eigenvalue weighted by atomic mass is 19.1. The Labute approximate surface area is 245 Å². The van der Waals surface area contributed by atoms with Gasteiger partial charge in [0.15, 0.2) is 5.76 Å². The fraction of sp³-hybridized carbons (Fsp3) is 0.167. The number of hydrogen-bond donors (Lipinski definition) is 4. The monoisotopic (exact) mass is 584 g/mol. The van der Waals surface area contributed by atoms with E-state index in [9.17, 15) is 18.8 Å². The molecule has 0 saturated heterocycles. The Morgan fingerprint density at radius 2 is 1.95 bits per heavy atom. The van der Waals surface area contributed by atoms with Gasteiger partial charge < -0.3 is 30.7 Å². The first-order valence-electron chi connectivity index (χ1n) is 13.3. The van der Waals surface area contributed by atoms with E-state index in [4.69, 9.17) is 10.1 Å². The molecule has 12 nitrogen and oxygen atoms in total. The van der Waals surface area contributed by atoms with Crippen molar-refractivity contribution in [3.8, 4) is 5.69 Å². The average Bonchev–Trinajstić information content (AvgIpc) is 3.42. The van der Waals surface area contributed by atoms with E-state index >= 15 is 0 Å². The maximum Gasteiger partial charge on any atom is 0.335 e. The molecule has 0 fully saturated rings. The van der Waals surface area contributed by atoms with Gasteiger partial charge in [0.25, 0.3) is 11.5 Å². The summed E-state index contributed by atoms with van der Waals surface area (Å²) >= 11 is 0. The molecule has 1 aromatic carbocycles. The van der Waals surface area contributed by atoms with Crippen LogP contribution in [-0.2, 0) is 11.8 Å². The molecule has 0 spiro atoms. The zero-order chi connectivity index (χ0) is 30.7. The van der Waals surface area contributed by atoms with Gasteiger partial charge in [-0.25, -0.2) is 18.7 Å². The molecule has 43 heavy (non-hydrogen) atoms. The van der Waals surface area contributed by atoms with Crippen molar-refractivity contribution in [1.82, 2.24) is 34.6 Å². The van der Waals surface area contributed by atoms with E-state index in [2.05, 4.69) is 20.9 Å². The summed E-state index contributed by atoms with van der Waals surface area (Å²) in [5.41, 5.74) is 0.515. The van der Waals surface area contributed by atoms with Gasteiger partial charge in [0, 0.05) is 43.5 Å². The van der Waals surface area contributed by atoms with Crippen LogP contribution in [-0.4, -0.2) is 37.4 Å². The van der Waals surface area contributed by atoms with E-state index in [1.165, 1.54) is 22.9 Å². The van der Waals surface area contributed by atoms with Crippen LogP contribution in [0.4, 0.5) is 4.39 Å². The van der Waals surface area contributed by atoms with Crippen LogP contribution in [0.15, 0.2) is 106 Å². The van der Waals surface area contributed by atoms with E-state index in [1.807, 2.05) is 23.9 Å². The van der Waals surface area contributed by atoms with Gasteiger partial charge >= 0.3 is 5.69 Å². The predicted molar refractivity (Wildman–Crippen MR) is 159 cm³/mol. The number of rotatable bonds is 8. The van der Waals surface area contributed by atoms with Crippen molar-refractivity contribution < 1.29 is 13.9 Å². The molecule has 0 atom stereocenters. The molecule has 1 amide bonds. The normalized spacial score (nSPS) is 15.5. The summed E-state index contributed by atoms with van der Waals surface area (Å²) in [4.78, 5) is 44.0. The fourth-order valence-corrected chi connectivity index (χ4v) is 4.37. The first-order valence-corrected chi connectivity index (χ1v) is 13.3. The van der Waals surface area contributed by atoms with Crippen molar-refractivity contribution in [3.63, 3.8) is 0 Å². The molecule has 0 saturated carbocycles. The van der Waals surface area contributed by atoms with Gasteiger partial charge in [0.1, 0.15) is 23.0 Å². The third-order valence-corrected chi connectivity index (χ3v) is 6.56. The largest absolute Gasteiger partial charge is 0.458 e. The second-order valence-corrected chi connectivity index (χ2v) is 9.99. The quantitative estimate of drug-likeness (QED) is 0.298. The van der Waals surface area contributed by atoms with Crippen LogP contribution in [0.1, 0.15) is 35.9 Å². The number of imidazole rings is 1. The standard InChI is InChI=1S/C30H29FN8O4/c1-18(2)38-15-23(29(41)39(30(38)42)21-6-4-20(31)5-7-21)28(40)36-27-9-8-22(14-34-27)43-26-12-19(13-33-24(26)10-11-32)25-16-37(3)17-35-25/h4-13,15-18,32-34H,14H2,1-3H3,(H,36,40)/b24-10-,32-11?. The van der Waals surface area contributed by atoms with Gasteiger partial charge in [0.2, 0.25) is 0 Å². The Balaban J connectivity index is 1.38. The first-order chi connectivity index (χ1) is 20.6. The number of ether oxygens (including phenoxy) is 1. The molecule has 4 N–H and O–H groups in total. The third kappa shape index (κ3) is 6.15. The highest BCUT2D eigenvalue weighted by Crippen LogP contribution is 2.25. The molecule has 5 rings (SSSR count). The molecule has 2 aromatic heterocycles. The Hall–Kier alpha value is -5.72. The van der Waals surface area contributed by atoms with E-state index in [-0.39, 0.29) is 23.8 Å². The molecule has 2 aliphatic heterocycles. The van der Waals surface area contributed by atoms with Crippen LogP contribution in [0.25, 0.3) is 11.3 Å². The molecule has 0 radical (unpaired) electrons. The first kappa shape index (κ1) is 28.8. The zero-order valence-corrected chi connectivity index (χ0v) is 23.6. The number of carbonyl (C=O) groups is 1. The molecule has 0 bridgehead atoms. The van der Waals surface area contributed by atoms with Crippen molar-refractivity contribution in [3.05, 3.63) is 134 Å². The summed E-state index contributed by atoms with van der Waals surface area (Å²) in [6.45, 7) is 3.69. The number of dihydropyridines is 2. The number of hydrogen-bond acceptors (Lipinski definition) is 8. The van der Waals surface area contributed by atoms with E-state index in [1.54, 1.807) is 44.6 Å². The molecule has 2 aliphatic rings. The number of benzene rings is 1. The van der Waals surface area contributed by atoms with Gasteiger partial charge in [-0.1, -0.05) is 0 Å². The summed E-state index contributed by atoms with van der Waals surface area (Å²) in [7, 11) is 1.87. The number of halogens is 1. The molecule has 0 unspecified atom stereocenters. The van der Waals surface area contributed by atoms with Crippen molar-refractivity contribution in [2.24, 2.45) is 7.05 Å². The predicted octanol–water partition coefficient (Wildman–Crippen LogP) is 2.59. The minimum absolute atomic E-state index is 0.143. The highest BCUT2D eigenvalue weighted by Gasteiger charge is 2.22. The maximum atomic E-state index is 13.5. The number of amides is 1. The van der Waals surface area contributed by atoms with E-state index in [0.29, 0.717) is 23.0 Å². The lowest BCUT2D eigenvalue weighted by Crippen LogP contribution is -2.44. The number of aryl methyl sites for hydroxylation is 1. The lowest BCUT2D eigenvalue weighted by Gasteiger charge is -2.23. The van der Waals surface area contributed by atoms with Crippen LogP contribution < -0.4 is 27.2 Å². The number of nitrogens with one attached hydrogen (secondary N) is 4. The average molecular weight is 585 g/mol. The minimum atomic E-state index is -0.832. The summed E-state index contributed by atoms with van der Waals surface area (Å²) in [5.74, 6) is 0.0542. The Kier molecular flexibility index (Phi) is 8.05. The fourth-order valence-electron chi connectivity index (χ4n) is 4.37. The number of carbonyl (C=O) groups excluding carboxylic acids is 1. The SMILES string of the molecule is CC(C)n1cc(C(=O)NC2=CC=C(OC3=CC(c4cn(C)cn4)=CN/C3=C\C=N)CN2)c(=O)n(-c2ccc(F)cc2)c1=O. The smallest absolute Gasteiger partial charge is 0.335 e. The summed E-state index contributed by atoms with van der Waals surface area (Å²) in [6, 6.07) is 4.52. The van der Waals surface area contributed by atoms with Crippen LogP contribution >= 0.6 is 0 Å². The Bertz CT molecular complexity index is 1870. The molecular weight excluding hydrogens is 555 g/mol. The summed E-state index contributed by atoms with van der Waals surface area (Å²) < 4.78 is 23.6. The molecule has 0 aliphatic carbocycles. The van der Waals surface area contributed by atoms with E-state index < -0.39 is 23.0 Å². The summed E-state index contributed by atoms with van der Waals surface area (Å²) in [6.07, 6.45) is 14.3. The minimum Gasteiger partial charge on any atom is -0.458 e. The van der Waals surface area contributed by atoms with Crippen molar-refractivity contribution in [1.29, 1.82) is 5.41 Å². The van der Waals surface area contributed by atoms with Gasteiger partial charge in [0.05, 0.1) is 30.0 Å². The molecule has 220 valence electrons. The third-order valence-electron chi connectivity index (χ3n) is 6.56. The van der Waals surface area contributed by atoms with Gasteiger partial charge in [-0.2, -0.15) is 0 Å². The van der Waals surface area contributed by atoms with Crippen LogP contribution in [0, 0.1) is 11.2 Å². The summed E-state index contributed by atoms with van der Waals surface area (Å²) in [5, 5.41) is 16.3. The van der Waals surface area contributed by atoms with Crippen molar-refractivity contribution in [2.45, 2.75) is 19.9 Å². The van der Waals surface area contributed by atoms with Gasteiger partial charge in [-0.05, 0) is 62.4 Å². The van der Waals surface area contributed by atoms with Crippen molar-refractivity contribution >= 4 is 17.7 Å². The van der Waals surface area contributed by atoms with Crippen LogP contribution in [0.3, 0.4) is 0 Å². The second kappa shape index (κ2) is 12.0. The maximum absolute atomic E-state index is 13.5. The van der Waals surface area contributed by atoms with Crippen LogP contribution in [0.2, 0.25) is 0 Å². The zero-order valence-electron chi connectivity index (χ0n) is 23.6. The second-order valence-electron chi connectivity index (χ2n) is 9.99. The molecule has 4 heterocycles. The molecule has 13 heteroatoms.